The molecule has 0 heterocycles. The Morgan fingerprint density at radius 3 is 2.55 bits per heavy atom. The number of carbonyl (C=O) groups is 1. The van der Waals surface area contributed by atoms with E-state index in [1.54, 1.807) is 31.0 Å². The van der Waals surface area contributed by atoms with E-state index in [0.717, 1.165) is 16.4 Å². The maximum atomic E-state index is 11.4. The van der Waals surface area contributed by atoms with Gasteiger partial charge in [-0.3, -0.25) is 0 Å². The molecule has 0 aliphatic heterocycles. The van der Waals surface area contributed by atoms with Gasteiger partial charge in [-0.1, -0.05) is 24.3 Å². The normalized spacial score (nSPS) is 11.8. The quantitative estimate of drug-likeness (QED) is 0.655. The summed E-state index contributed by atoms with van der Waals surface area (Å²) in [5, 5.41) is 9.86. The lowest BCUT2D eigenvalue weighted by molar-refractivity contribution is -0.150. The maximum absolute atomic E-state index is 11.4. The van der Waals surface area contributed by atoms with E-state index in [1.165, 1.54) is 12.7 Å². The van der Waals surface area contributed by atoms with Crippen molar-refractivity contribution >= 4 is 17.7 Å². The first kappa shape index (κ1) is 16.4. The molecule has 2 rings (SSSR count). The summed E-state index contributed by atoms with van der Waals surface area (Å²) in [6.07, 6.45) is -1.24. The lowest BCUT2D eigenvalue weighted by Gasteiger charge is -2.10. The van der Waals surface area contributed by atoms with Crippen LogP contribution >= 0.6 is 11.8 Å². The van der Waals surface area contributed by atoms with Crippen molar-refractivity contribution in [1.29, 1.82) is 0 Å². The van der Waals surface area contributed by atoms with Crippen molar-refractivity contribution in [1.82, 2.24) is 0 Å². The zero-order valence-corrected chi connectivity index (χ0v) is 13.3. The molecule has 1 unspecified atom stereocenters. The minimum absolute atomic E-state index is 0.534. The summed E-state index contributed by atoms with van der Waals surface area (Å²) in [5.41, 5.74) is 1.70. The van der Waals surface area contributed by atoms with E-state index in [0.29, 0.717) is 5.56 Å². The van der Waals surface area contributed by atoms with Crippen LogP contribution in [0.1, 0.15) is 17.2 Å². The van der Waals surface area contributed by atoms with E-state index in [4.69, 9.17) is 4.74 Å². The van der Waals surface area contributed by atoms with E-state index in [9.17, 15) is 9.90 Å². The van der Waals surface area contributed by atoms with E-state index < -0.39 is 12.1 Å². The second-order valence-electron chi connectivity index (χ2n) is 4.63. The molecule has 0 aliphatic rings. The van der Waals surface area contributed by atoms with Gasteiger partial charge in [0.25, 0.3) is 0 Å². The molecule has 2 aromatic rings. The van der Waals surface area contributed by atoms with Gasteiger partial charge >= 0.3 is 5.97 Å². The average molecular weight is 318 g/mol. The summed E-state index contributed by atoms with van der Waals surface area (Å²) < 4.78 is 9.68. The molecule has 1 N–H and O–H groups in total. The molecule has 0 amide bonds. The Hall–Kier alpha value is -1.98. The topological polar surface area (TPSA) is 55.8 Å². The van der Waals surface area contributed by atoms with Gasteiger partial charge in [0, 0.05) is 10.6 Å². The highest BCUT2D eigenvalue weighted by Gasteiger charge is 2.17. The van der Waals surface area contributed by atoms with Gasteiger partial charge in [-0.05, 0) is 35.4 Å². The fourth-order valence-corrected chi connectivity index (χ4v) is 2.83. The van der Waals surface area contributed by atoms with Crippen LogP contribution in [0, 0.1) is 0 Å². The SMILES string of the molecule is COC(=O)C(O)c1cccc(SCc2ccc(OC)cc2)c1. The third-order valence-corrected chi connectivity index (χ3v) is 4.23. The molecule has 22 heavy (non-hydrogen) atoms. The van der Waals surface area contributed by atoms with Crippen LogP contribution in [0.3, 0.4) is 0 Å². The summed E-state index contributed by atoms with van der Waals surface area (Å²) in [6.45, 7) is 0. The molecule has 1 atom stereocenters. The highest BCUT2D eigenvalue weighted by molar-refractivity contribution is 7.98. The van der Waals surface area contributed by atoms with E-state index in [1.807, 2.05) is 36.4 Å². The molecule has 4 nitrogen and oxygen atoms in total. The van der Waals surface area contributed by atoms with Gasteiger partial charge in [0.2, 0.25) is 0 Å². The summed E-state index contributed by atoms with van der Waals surface area (Å²) in [4.78, 5) is 12.4. The van der Waals surface area contributed by atoms with Gasteiger partial charge in [-0.15, -0.1) is 11.8 Å². The number of hydrogen-bond donors (Lipinski definition) is 1. The molecular formula is C17H18O4S. The molecule has 0 spiro atoms. The van der Waals surface area contributed by atoms with Crippen LogP contribution in [0.15, 0.2) is 53.4 Å². The largest absolute Gasteiger partial charge is 0.497 e. The fraction of sp³-hybridized carbons (Fsp3) is 0.235. The maximum Gasteiger partial charge on any atom is 0.339 e. The van der Waals surface area contributed by atoms with E-state index in [-0.39, 0.29) is 0 Å². The molecule has 0 aliphatic carbocycles. The van der Waals surface area contributed by atoms with E-state index >= 15 is 0 Å². The second kappa shape index (κ2) is 7.87. The average Bonchev–Trinajstić information content (AvgIpc) is 2.59. The molecule has 116 valence electrons. The van der Waals surface area contributed by atoms with Crippen LogP contribution in [-0.2, 0) is 15.3 Å². The number of esters is 1. The van der Waals surface area contributed by atoms with Gasteiger partial charge in [0.05, 0.1) is 14.2 Å². The number of hydrogen-bond acceptors (Lipinski definition) is 5. The number of benzene rings is 2. The molecule has 0 fully saturated rings. The third-order valence-electron chi connectivity index (χ3n) is 3.16. The van der Waals surface area contributed by atoms with Crippen molar-refractivity contribution in [2.45, 2.75) is 16.8 Å². The van der Waals surface area contributed by atoms with Gasteiger partial charge in [0.1, 0.15) is 5.75 Å². The van der Waals surface area contributed by atoms with Crippen molar-refractivity contribution in [2.75, 3.05) is 14.2 Å². The molecular weight excluding hydrogens is 300 g/mol. The second-order valence-corrected chi connectivity index (χ2v) is 5.68. The van der Waals surface area contributed by atoms with Gasteiger partial charge in [-0.25, -0.2) is 4.79 Å². The molecule has 0 aromatic heterocycles. The smallest absolute Gasteiger partial charge is 0.339 e. The first-order chi connectivity index (χ1) is 10.6. The predicted molar refractivity (Wildman–Crippen MR) is 86.0 cm³/mol. The van der Waals surface area contributed by atoms with Crippen molar-refractivity contribution < 1.29 is 19.4 Å². The van der Waals surface area contributed by atoms with Crippen LogP contribution in [0.2, 0.25) is 0 Å². The Morgan fingerprint density at radius 1 is 1.18 bits per heavy atom. The first-order valence-corrected chi connectivity index (χ1v) is 7.74. The lowest BCUT2D eigenvalue weighted by atomic mass is 10.1. The summed E-state index contributed by atoms with van der Waals surface area (Å²) in [7, 11) is 2.90. The van der Waals surface area contributed by atoms with Gasteiger partial charge in [0.15, 0.2) is 6.10 Å². The van der Waals surface area contributed by atoms with Crippen LogP contribution in [0.5, 0.6) is 5.75 Å². The van der Waals surface area contributed by atoms with Crippen molar-refractivity contribution in [3.05, 3.63) is 59.7 Å². The van der Waals surface area contributed by atoms with Gasteiger partial charge < -0.3 is 14.6 Å². The molecule has 0 saturated carbocycles. The minimum Gasteiger partial charge on any atom is -0.497 e. The van der Waals surface area contributed by atoms with Crippen LogP contribution in [0.25, 0.3) is 0 Å². The first-order valence-electron chi connectivity index (χ1n) is 6.75. The molecule has 5 heteroatoms. The number of aliphatic hydroxyl groups is 1. The standard InChI is InChI=1S/C17H18O4S/c1-20-14-8-6-12(7-9-14)11-22-15-5-3-4-13(10-15)16(18)17(19)21-2/h3-10,16,18H,11H2,1-2H3. The monoisotopic (exact) mass is 318 g/mol. The Kier molecular flexibility index (Phi) is 5.86. The Labute approximate surface area is 134 Å². The number of ether oxygens (including phenoxy) is 2. The molecule has 0 saturated heterocycles. The number of carbonyl (C=O) groups excluding carboxylic acids is 1. The Bertz CT molecular complexity index is 625. The Balaban J connectivity index is 2.02. The van der Waals surface area contributed by atoms with E-state index in [2.05, 4.69) is 4.74 Å². The highest BCUT2D eigenvalue weighted by atomic mass is 32.2. The number of aliphatic hydroxyl groups excluding tert-OH is 1. The third kappa shape index (κ3) is 4.26. The fourth-order valence-electron chi connectivity index (χ4n) is 1.91. The summed E-state index contributed by atoms with van der Waals surface area (Å²) in [6, 6.07) is 15.1. The highest BCUT2D eigenvalue weighted by Crippen LogP contribution is 2.26. The zero-order chi connectivity index (χ0) is 15.9. The number of thioether (sulfide) groups is 1. The molecule has 0 radical (unpaired) electrons. The van der Waals surface area contributed by atoms with Crippen LogP contribution in [-0.4, -0.2) is 25.3 Å². The minimum atomic E-state index is -1.24. The van der Waals surface area contributed by atoms with Crippen LogP contribution < -0.4 is 4.74 Å². The number of rotatable bonds is 6. The van der Waals surface area contributed by atoms with Gasteiger partial charge in [-0.2, -0.15) is 0 Å². The predicted octanol–water partition coefficient (Wildman–Crippen LogP) is 3.19. The molecule has 2 aromatic carbocycles. The zero-order valence-electron chi connectivity index (χ0n) is 12.5. The number of methoxy groups -OCH3 is 2. The summed E-state index contributed by atoms with van der Waals surface area (Å²) >= 11 is 1.63. The lowest BCUT2D eigenvalue weighted by Crippen LogP contribution is -2.13. The van der Waals surface area contributed by atoms with Crippen molar-refractivity contribution in [3.8, 4) is 5.75 Å². The Morgan fingerprint density at radius 2 is 1.91 bits per heavy atom. The van der Waals surface area contributed by atoms with Crippen molar-refractivity contribution in [2.24, 2.45) is 0 Å². The van der Waals surface area contributed by atoms with Crippen LogP contribution in [0.4, 0.5) is 0 Å². The molecule has 0 bridgehead atoms. The van der Waals surface area contributed by atoms with Crippen molar-refractivity contribution in [3.63, 3.8) is 0 Å². The summed E-state index contributed by atoms with van der Waals surface area (Å²) in [5.74, 6) is 0.969.